The predicted octanol–water partition coefficient (Wildman–Crippen LogP) is 10.2. The third kappa shape index (κ3) is 6.78. The summed E-state index contributed by atoms with van der Waals surface area (Å²) in [5.41, 5.74) is 5.78. The van der Waals surface area contributed by atoms with Gasteiger partial charge < -0.3 is 9.47 Å². The molecule has 2 atom stereocenters. The minimum atomic E-state index is -2.23. The zero-order valence-corrected chi connectivity index (χ0v) is 32.3. The fraction of sp³-hybridized carbons (Fsp3) is 0.419. The third-order valence-corrected chi connectivity index (χ3v) is 17.9. The van der Waals surface area contributed by atoms with Gasteiger partial charge in [-0.15, -0.1) is 5.54 Å². The molecule has 2 aliphatic heterocycles. The van der Waals surface area contributed by atoms with Gasteiger partial charge >= 0.3 is 6.01 Å². The molecule has 6 nitrogen and oxygen atoms in total. The van der Waals surface area contributed by atoms with Crippen LogP contribution in [0.3, 0.4) is 0 Å². The van der Waals surface area contributed by atoms with Gasteiger partial charge in [-0.1, -0.05) is 102 Å². The number of hydrogen-bond acceptors (Lipinski definition) is 6. The molecule has 0 amide bonds. The number of pyridine rings is 1. The van der Waals surface area contributed by atoms with Gasteiger partial charge in [0.15, 0.2) is 5.82 Å². The molecular formula is C43H47F3N4O2Si. The summed E-state index contributed by atoms with van der Waals surface area (Å²) in [6.45, 7) is 14.8. The Morgan fingerprint density at radius 3 is 2.42 bits per heavy atom. The molecule has 7 rings (SSSR count). The van der Waals surface area contributed by atoms with E-state index in [0.717, 1.165) is 30.3 Å². The first-order valence-electron chi connectivity index (χ1n) is 18.7. The standard InChI is InChI=1S/C43H47F3N4O2Si/c1-27(2)53(28(3)4,29(5)6)21-18-33-36(45)17-16-31-14-10-15-34(37(31)33)39-38(46)40-35(23-47-39)41(51-25-30-12-8-7-9-13-30)49-42(48-40)52-26-43-19-11-20-50(43)24-32(44)22-43/h7-10,12-17,23,27-29,32H,11,19-20,22,24-26H2,1-6H3/t32-,43+/m1/s1. The average molecular weight is 737 g/mol. The predicted molar refractivity (Wildman–Crippen MR) is 207 cm³/mol. The molecule has 2 aromatic heterocycles. The van der Waals surface area contributed by atoms with Crippen LogP contribution < -0.4 is 9.47 Å². The minimum Gasteiger partial charge on any atom is -0.472 e. The first kappa shape index (κ1) is 36.9. The third-order valence-electron chi connectivity index (χ3n) is 11.6. The van der Waals surface area contributed by atoms with Gasteiger partial charge in [0.1, 0.15) is 44.5 Å². The molecule has 3 aromatic carbocycles. The quantitative estimate of drug-likeness (QED) is 0.105. The van der Waals surface area contributed by atoms with Crippen LogP contribution >= 0.6 is 0 Å². The number of ether oxygens (including phenoxy) is 2. The van der Waals surface area contributed by atoms with Crippen LogP contribution in [0.5, 0.6) is 11.9 Å². The summed E-state index contributed by atoms with van der Waals surface area (Å²) in [5, 5.41) is 1.49. The van der Waals surface area contributed by atoms with Crippen molar-refractivity contribution >= 4 is 29.7 Å². The highest BCUT2D eigenvalue weighted by Gasteiger charge is 2.49. The van der Waals surface area contributed by atoms with Crippen molar-refractivity contribution in [3.05, 3.63) is 89.6 Å². The van der Waals surface area contributed by atoms with Gasteiger partial charge in [0.05, 0.1) is 16.5 Å². The van der Waals surface area contributed by atoms with Gasteiger partial charge in [0.25, 0.3) is 0 Å². The lowest BCUT2D eigenvalue weighted by atomic mass is 9.95. The molecule has 2 saturated heterocycles. The maximum atomic E-state index is 17.1. The fourth-order valence-electron chi connectivity index (χ4n) is 9.02. The summed E-state index contributed by atoms with van der Waals surface area (Å²) in [7, 11) is -2.23. The highest BCUT2D eigenvalue weighted by atomic mass is 28.3. The molecule has 5 aromatic rings. The number of halogens is 3. The highest BCUT2D eigenvalue weighted by molar-refractivity contribution is 6.90. The van der Waals surface area contributed by atoms with Crippen molar-refractivity contribution in [2.45, 2.75) is 95.7 Å². The zero-order chi connectivity index (χ0) is 37.5. The van der Waals surface area contributed by atoms with Crippen molar-refractivity contribution in [1.82, 2.24) is 19.9 Å². The summed E-state index contributed by atoms with van der Waals surface area (Å²) in [6, 6.07) is 18.1. The van der Waals surface area contributed by atoms with E-state index >= 15 is 8.78 Å². The van der Waals surface area contributed by atoms with Crippen molar-refractivity contribution in [3.63, 3.8) is 0 Å². The minimum absolute atomic E-state index is 0.00659. The number of aromatic nitrogens is 3. The van der Waals surface area contributed by atoms with E-state index in [0.29, 0.717) is 40.5 Å². The SMILES string of the molecule is CC(C)[Si](C#Cc1c(F)ccc2cccc(-c3ncc4c(OCc5ccccc5)nc(OC[C@@]56CCCN5C[C@H](F)C6)nc4c3F)c12)(C(C)C)C(C)C. The first-order chi connectivity index (χ1) is 25.4. The Kier molecular flexibility index (Phi) is 10.3. The molecule has 2 aliphatic rings. The maximum Gasteiger partial charge on any atom is 0.320 e. The van der Waals surface area contributed by atoms with Crippen molar-refractivity contribution in [2.75, 3.05) is 19.7 Å². The van der Waals surface area contributed by atoms with E-state index in [1.165, 1.54) is 12.3 Å². The Labute approximate surface area is 311 Å². The fourth-order valence-corrected chi connectivity index (χ4v) is 14.2. The Hall–Kier alpha value is -4.46. The van der Waals surface area contributed by atoms with Gasteiger partial charge in [0.2, 0.25) is 5.88 Å². The van der Waals surface area contributed by atoms with Crippen LogP contribution in [0, 0.1) is 23.1 Å². The van der Waals surface area contributed by atoms with Crippen LogP contribution in [-0.4, -0.2) is 59.3 Å². The first-order valence-corrected chi connectivity index (χ1v) is 21.0. The second kappa shape index (κ2) is 14.8. The smallest absolute Gasteiger partial charge is 0.320 e. The highest BCUT2D eigenvalue weighted by Crippen LogP contribution is 2.43. The van der Waals surface area contributed by atoms with Crippen LogP contribution in [-0.2, 0) is 6.61 Å². The number of rotatable bonds is 10. The summed E-state index contributed by atoms with van der Waals surface area (Å²) >= 11 is 0. The van der Waals surface area contributed by atoms with Crippen LogP contribution in [0.25, 0.3) is 32.9 Å². The molecule has 2 fully saturated rings. The lowest BCUT2D eigenvalue weighted by Crippen LogP contribution is -2.43. The van der Waals surface area contributed by atoms with Gasteiger partial charge in [-0.25, -0.2) is 13.2 Å². The second-order valence-corrected chi connectivity index (χ2v) is 21.2. The monoisotopic (exact) mass is 736 g/mol. The van der Waals surface area contributed by atoms with Crippen molar-refractivity contribution < 1.29 is 22.6 Å². The molecule has 0 bridgehead atoms. The summed E-state index contributed by atoms with van der Waals surface area (Å²) in [6.07, 6.45) is 2.71. The van der Waals surface area contributed by atoms with Crippen molar-refractivity contribution in [3.8, 4) is 34.6 Å². The molecule has 276 valence electrons. The van der Waals surface area contributed by atoms with Crippen molar-refractivity contribution in [1.29, 1.82) is 0 Å². The Balaban J connectivity index is 1.36. The van der Waals surface area contributed by atoms with Crippen LogP contribution in [0.1, 0.15) is 71.9 Å². The Morgan fingerprint density at radius 2 is 1.68 bits per heavy atom. The molecule has 0 spiro atoms. The Morgan fingerprint density at radius 1 is 0.925 bits per heavy atom. The van der Waals surface area contributed by atoms with E-state index < -0.39 is 31.4 Å². The average Bonchev–Trinajstić information content (AvgIpc) is 3.66. The lowest BCUT2D eigenvalue weighted by molar-refractivity contribution is 0.106. The molecule has 0 radical (unpaired) electrons. The number of alkyl halides is 1. The topological polar surface area (TPSA) is 60.4 Å². The molecule has 4 heterocycles. The molecule has 0 N–H and O–H groups in total. The Bertz CT molecular complexity index is 2180. The maximum absolute atomic E-state index is 17.1. The molecular weight excluding hydrogens is 690 g/mol. The van der Waals surface area contributed by atoms with E-state index in [2.05, 4.69) is 72.9 Å². The van der Waals surface area contributed by atoms with E-state index in [-0.39, 0.29) is 47.3 Å². The second-order valence-electron chi connectivity index (χ2n) is 15.6. The molecule has 10 heteroatoms. The lowest BCUT2D eigenvalue weighted by Gasteiger charge is -2.38. The van der Waals surface area contributed by atoms with Crippen LogP contribution in [0.15, 0.2) is 66.9 Å². The van der Waals surface area contributed by atoms with Gasteiger partial charge in [0, 0.05) is 30.1 Å². The van der Waals surface area contributed by atoms with Crippen molar-refractivity contribution in [2.24, 2.45) is 0 Å². The zero-order valence-electron chi connectivity index (χ0n) is 31.3. The number of hydrogen-bond donors (Lipinski definition) is 0. The van der Waals surface area contributed by atoms with Crippen LogP contribution in [0.4, 0.5) is 13.2 Å². The molecule has 0 unspecified atom stereocenters. The van der Waals surface area contributed by atoms with E-state index in [4.69, 9.17) is 9.47 Å². The van der Waals surface area contributed by atoms with Gasteiger partial charge in [-0.3, -0.25) is 9.88 Å². The number of fused-ring (bicyclic) bond motifs is 3. The summed E-state index contributed by atoms with van der Waals surface area (Å²) in [5.74, 6) is 2.26. The van der Waals surface area contributed by atoms with E-state index in [1.807, 2.05) is 42.5 Å². The number of nitrogens with zero attached hydrogens (tertiary/aromatic N) is 4. The van der Waals surface area contributed by atoms with E-state index in [9.17, 15) is 4.39 Å². The molecule has 0 saturated carbocycles. The summed E-state index contributed by atoms with van der Waals surface area (Å²) in [4.78, 5) is 15.9. The van der Waals surface area contributed by atoms with Crippen LogP contribution in [0.2, 0.25) is 16.6 Å². The van der Waals surface area contributed by atoms with Gasteiger partial charge in [-0.2, -0.15) is 9.97 Å². The summed E-state index contributed by atoms with van der Waals surface area (Å²) < 4.78 is 60.0. The van der Waals surface area contributed by atoms with E-state index in [1.54, 1.807) is 12.1 Å². The molecule has 0 aliphatic carbocycles. The largest absolute Gasteiger partial charge is 0.472 e. The normalized spacial score (nSPS) is 19.0. The molecule has 53 heavy (non-hydrogen) atoms. The number of benzene rings is 3. The van der Waals surface area contributed by atoms with Gasteiger partial charge in [-0.05, 0) is 53.0 Å².